The SMILES string of the molecule is Cc1ccc(C)c(S(=O)(=O)N2CCN(CC(=O)N3CC(C)CC(C)C3)CC2)c1. The van der Waals surface area contributed by atoms with Gasteiger partial charge in [0.25, 0.3) is 0 Å². The van der Waals surface area contributed by atoms with E-state index in [1.807, 2.05) is 30.9 Å². The lowest BCUT2D eigenvalue weighted by Crippen LogP contribution is -2.53. The summed E-state index contributed by atoms with van der Waals surface area (Å²) in [6.07, 6.45) is 1.18. The lowest BCUT2D eigenvalue weighted by atomic mass is 9.92. The minimum atomic E-state index is -3.49. The molecule has 1 amide bonds. The summed E-state index contributed by atoms with van der Waals surface area (Å²) in [4.78, 5) is 17.2. The number of amides is 1. The van der Waals surface area contributed by atoms with Crippen LogP contribution in [0, 0.1) is 25.7 Å². The second-order valence-electron chi connectivity index (χ2n) is 8.69. The minimum absolute atomic E-state index is 0.171. The monoisotopic (exact) mass is 407 g/mol. The maximum absolute atomic E-state index is 13.0. The van der Waals surface area contributed by atoms with Crippen molar-refractivity contribution in [2.45, 2.75) is 39.0 Å². The molecule has 2 fully saturated rings. The molecular weight excluding hydrogens is 374 g/mol. The first kappa shape index (κ1) is 21.3. The smallest absolute Gasteiger partial charge is 0.243 e. The Morgan fingerprint density at radius 3 is 2.25 bits per heavy atom. The second-order valence-corrected chi connectivity index (χ2v) is 10.6. The van der Waals surface area contributed by atoms with Crippen molar-refractivity contribution in [1.29, 1.82) is 0 Å². The number of rotatable bonds is 4. The zero-order valence-electron chi connectivity index (χ0n) is 17.5. The van der Waals surface area contributed by atoms with Crippen LogP contribution in [-0.2, 0) is 14.8 Å². The van der Waals surface area contributed by atoms with Crippen LogP contribution in [0.5, 0.6) is 0 Å². The van der Waals surface area contributed by atoms with Gasteiger partial charge in [-0.25, -0.2) is 8.42 Å². The highest BCUT2D eigenvalue weighted by atomic mass is 32.2. The molecule has 156 valence electrons. The van der Waals surface area contributed by atoms with E-state index in [4.69, 9.17) is 0 Å². The van der Waals surface area contributed by atoms with Crippen molar-refractivity contribution in [3.05, 3.63) is 29.3 Å². The minimum Gasteiger partial charge on any atom is -0.341 e. The molecule has 6 nitrogen and oxygen atoms in total. The zero-order chi connectivity index (χ0) is 20.5. The number of likely N-dealkylation sites (tertiary alicyclic amines) is 1. The zero-order valence-corrected chi connectivity index (χ0v) is 18.3. The maximum atomic E-state index is 13.0. The summed E-state index contributed by atoms with van der Waals surface area (Å²) < 4.78 is 27.6. The van der Waals surface area contributed by atoms with Gasteiger partial charge in [0.1, 0.15) is 0 Å². The average Bonchev–Trinajstić information content (AvgIpc) is 2.63. The number of carbonyl (C=O) groups is 1. The normalized spacial score (nSPS) is 25.1. The maximum Gasteiger partial charge on any atom is 0.243 e. The van der Waals surface area contributed by atoms with Gasteiger partial charge in [-0.1, -0.05) is 26.0 Å². The summed E-state index contributed by atoms with van der Waals surface area (Å²) in [6.45, 7) is 12.2. The van der Waals surface area contributed by atoms with Gasteiger partial charge < -0.3 is 4.90 Å². The summed E-state index contributed by atoms with van der Waals surface area (Å²) in [7, 11) is -3.49. The lowest BCUT2D eigenvalue weighted by Gasteiger charge is -2.38. The summed E-state index contributed by atoms with van der Waals surface area (Å²) >= 11 is 0. The third kappa shape index (κ3) is 4.75. The first-order chi connectivity index (χ1) is 13.2. The molecule has 3 rings (SSSR count). The number of hydrogen-bond acceptors (Lipinski definition) is 4. The quantitative estimate of drug-likeness (QED) is 0.767. The van der Waals surface area contributed by atoms with E-state index in [9.17, 15) is 13.2 Å². The van der Waals surface area contributed by atoms with Crippen LogP contribution in [0.3, 0.4) is 0 Å². The molecule has 2 unspecified atom stereocenters. The molecule has 0 bridgehead atoms. The largest absolute Gasteiger partial charge is 0.341 e. The summed E-state index contributed by atoms with van der Waals surface area (Å²) in [5.41, 5.74) is 1.72. The molecule has 28 heavy (non-hydrogen) atoms. The first-order valence-corrected chi connectivity index (χ1v) is 11.7. The molecule has 1 aromatic carbocycles. The fourth-order valence-corrected chi connectivity index (χ4v) is 6.14. The molecule has 0 saturated carbocycles. The Morgan fingerprint density at radius 2 is 1.64 bits per heavy atom. The molecule has 2 heterocycles. The van der Waals surface area contributed by atoms with Crippen LogP contribution in [-0.4, -0.2) is 74.2 Å². The van der Waals surface area contributed by atoms with Crippen molar-refractivity contribution in [2.24, 2.45) is 11.8 Å². The van der Waals surface area contributed by atoms with Crippen molar-refractivity contribution < 1.29 is 13.2 Å². The van der Waals surface area contributed by atoms with Crippen molar-refractivity contribution in [1.82, 2.24) is 14.1 Å². The van der Waals surface area contributed by atoms with E-state index in [0.29, 0.717) is 49.5 Å². The molecule has 7 heteroatoms. The van der Waals surface area contributed by atoms with Gasteiger partial charge in [-0.15, -0.1) is 0 Å². The Morgan fingerprint density at radius 1 is 1.04 bits per heavy atom. The van der Waals surface area contributed by atoms with Crippen LogP contribution < -0.4 is 0 Å². The number of piperidine rings is 1. The van der Waals surface area contributed by atoms with Gasteiger partial charge in [0.05, 0.1) is 11.4 Å². The predicted molar refractivity (Wildman–Crippen MR) is 111 cm³/mol. The molecule has 1 aromatic rings. The third-order valence-corrected chi connectivity index (χ3v) is 7.91. The molecule has 2 saturated heterocycles. The van der Waals surface area contributed by atoms with Crippen LogP contribution in [0.1, 0.15) is 31.4 Å². The number of sulfonamides is 1. The van der Waals surface area contributed by atoms with Gasteiger partial charge in [0.2, 0.25) is 15.9 Å². The number of nitrogens with zero attached hydrogens (tertiary/aromatic N) is 3. The van der Waals surface area contributed by atoms with E-state index < -0.39 is 10.0 Å². The fraction of sp³-hybridized carbons (Fsp3) is 0.667. The predicted octanol–water partition coefficient (Wildman–Crippen LogP) is 2.11. The van der Waals surface area contributed by atoms with E-state index >= 15 is 0 Å². The Balaban J connectivity index is 1.58. The fourth-order valence-electron chi connectivity index (χ4n) is 4.41. The molecule has 0 radical (unpaired) electrons. The van der Waals surface area contributed by atoms with Crippen LogP contribution >= 0.6 is 0 Å². The average molecular weight is 408 g/mol. The molecule has 2 aliphatic heterocycles. The molecular formula is C21H33N3O3S. The van der Waals surface area contributed by atoms with Gasteiger partial charge in [0, 0.05) is 39.3 Å². The van der Waals surface area contributed by atoms with Gasteiger partial charge in [-0.3, -0.25) is 9.69 Å². The van der Waals surface area contributed by atoms with Gasteiger partial charge in [-0.2, -0.15) is 4.31 Å². The van der Waals surface area contributed by atoms with Gasteiger partial charge in [-0.05, 0) is 49.3 Å². The van der Waals surface area contributed by atoms with Crippen LogP contribution in [0.25, 0.3) is 0 Å². The van der Waals surface area contributed by atoms with Crippen LogP contribution in [0.2, 0.25) is 0 Å². The number of benzene rings is 1. The molecule has 0 aromatic heterocycles. The lowest BCUT2D eigenvalue weighted by molar-refractivity contribution is -0.135. The molecule has 2 atom stereocenters. The number of piperazine rings is 1. The summed E-state index contributed by atoms with van der Waals surface area (Å²) in [6, 6.07) is 5.54. The van der Waals surface area contributed by atoms with Crippen molar-refractivity contribution in [3.8, 4) is 0 Å². The molecule has 0 aliphatic carbocycles. The highest BCUT2D eigenvalue weighted by Crippen LogP contribution is 2.23. The van der Waals surface area contributed by atoms with Crippen molar-refractivity contribution in [2.75, 3.05) is 45.8 Å². The Bertz CT molecular complexity index is 806. The molecule has 0 spiro atoms. The van der Waals surface area contributed by atoms with E-state index in [-0.39, 0.29) is 5.91 Å². The number of hydrogen-bond donors (Lipinski definition) is 0. The second kappa shape index (κ2) is 8.51. The Kier molecular flexibility index (Phi) is 6.47. The summed E-state index contributed by atoms with van der Waals surface area (Å²) in [5, 5.41) is 0. The standard InChI is InChI=1S/C21H33N3O3S/c1-16-5-6-19(4)20(12-16)28(26,27)24-9-7-22(8-10-24)15-21(25)23-13-17(2)11-18(3)14-23/h5-6,12,17-18H,7-11,13-15H2,1-4H3. The van der Waals surface area contributed by atoms with Crippen LogP contribution in [0.15, 0.2) is 23.1 Å². The van der Waals surface area contributed by atoms with E-state index in [1.54, 1.807) is 10.4 Å². The van der Waals surface area contributed by atoms with Gasteiger partial charge >= 0.3 is 0 Å². The van der Waals surface area contributed by atoms with Crippen molar-refractivity contribution in [3.63, 3.8) is 0 Å². The first-order valence-electron chi connectivity index (χ1n) is 10.2. The highest BCUT2D eigenvalue weighted by molar-refractivity contribution is 7.89. The Labute approximate surface area is 169 Å². The molecule has 2 aliphatic rings. The third-order valence-electron chi connectivity index (χ3n) is 5.87. The molecule has 0 N–H and O–H groups in total. The van der Waals surface area contributed by atoms with Gasteiger partial charge in [0.15, 0.2) is 0 Å². The van der Waals surface area contributed by atoms with Crippen molar-refractivity contribution >= 4 is 15.9 Å². The topological polar surface area (TPSA) is 60.9 Å². The Hall–Kier alpha value is -1.44. The van der Waals surface area contributed by atoms with E-state index in [2.05, 4.69) is 18.7 Å². The van der Waals surface area contributed by atoms with Crippen LogP contribution in [0.4, 0.5) is 0 Å². The number of carbonyl (C=O) groups excluding carboxylic acids is 1. The number of aryl methyl sites for hydroxylation is 2. The summed E-state index contributed by atoms with van der Waals surface area (Å²) in [5.74, 6) is 1.27. The highest BCUT2D eigenvalue weighted by Gasteiger charge is 2.31. The van der Waals surface area contributed by atoms with E-state index in [1.165, 1.54) is 6.42 Å². The van der Waals surface area contributed by atoms with E-state index in [0.717, 1.165) is 24.2 Å².